The lowest BCUT2D eigenvalue weighted by molar-refractivity contribution is -0.301. The van der Waals surface area contributed by atoms with Gasteiger partial charge in [-0.15, -0.1) is 0 Å². The standard InChI is InChI=1S/C50H74O14/c1-8-38(51)58-23-39(52)61-29-46-17-36-21-50(26-46,63-42-34-15-45(16-35(42)20-47(56,19-34)25-45)28-60-40(53)24-59-43(54)30(2)3)22-37(18-46)41(36)57-9-10-62-48-11-32(6)13-49(27-48,14-33(7)12-48)64-44(55)31(4)5/h8,32-38,41-43,51,54,56H,1-2,4,9-29H2,3,5-7H3. The van der Waals surface area contributed by atoms with Gasteiger partial charge >= 0.3 is 17.9 Å². The van der Waals surface area contributed by atoms with E-state index in [-0.39, 0.29) is 84.7 Å². The highest BCUT2D eigenvalue weighted by Gasteiger charge is 2.67. The van der Waals surface area contributed by atoms with E-state index < -0.39 is 41.3 Å². The lowest BCUT2D eigenvalue weighted by atomic mass is 9.45. The summed E-state index contributed by atoms with van der Waals surface area (Å²) in [4.78, 5) is 38.4. The first-order valence-corrected chi connectivity index (χ1v) is 23.9. The Kier molecular flexibility index (Phi) is 13.5. The quantitative estimate of drug-likeness (QED) is 0.0303. The maximum absolute atomic E-state index is 12.9. The molecule has 10 bridgehead atoms. The summed E-state index contributed by atoms with van der Waals surface area (Å²) in [5.41, 5.74) is -2.08. The molecule has 14 nitrogen and oxygen atoms in total. The molecule has 10 rings (SSSR count). The lowest BCUT2D eigenvalue weighted by Crippen LogP contribution is -2.67. The van der Waals surface area contributed by atoms with Crippen molar-refractivity contribution in [3.63, 3.8) is 0 Å². The molecule has 0 heterocycles. The maximum atomic E-state index is 12.9. The number of ether oxygens (including phenoxy) is 8. The molecule has 10 aliphatic rings. The molecule has 0 saturated heterocycles. The van der Waals surface area contributed by atoms with Crippen molar-refractivity contribution in [2.45, 2.75) is 171 Å². The van der Waals surface area contributed by atoms with Crippen molar-refractivity contribution in [2.75, 3.05) is 39.6 Å². The van der Waals surface area contributed by atoms with Crippen LogP contribution in [0.3, 0.4) is 0 Å². The third kappa shape index (κ3) is 10.1. The van der Waals surface area contributed by atoms with E-state index >= 15 is 0 Å². The van der Waals surface area contributed by atoms with E-state index in [4.69, 9.17) is 37.9 Å². The van der Waals surface area contributed by atoms with Crippen molar-refractivity contribution in [1.29, 1.82) is 0 Å². The van der Waals surface area contributed by atoms with E-state index in [1.807, 2.05) is 0 Å². The fourth-order valence-corrected chi connectivity index (χ4v) is 15.5. The van der Waals surface area contributed by atoms with Crippen molar-refractivity contribution >= 4 is 17.9 Å². The summed E-state index contributed by atoms with van der Waals surface area (Å²) in [5, 5.41) is 31.5. The van der Waals surface area contributed by atoms with Gasteiger partial charge < -0.3 is 53.2 Å². The highest BCUT2D eigenvalue weighted by atomic mass is 16.6. The first-order valence-electron chi connectivity index (χ1n) is 23.9. The molecular formula is C50H74O14. The monoisotopic (exact) mass is 899 g/mol. The lowest BCUT2D eigenvalue weighted by Gasteiger charge is -2.67. The van der Waals surface area contributed by atoms with Gasteiger partial charge in [0.25, 0.3) is 0 Å². The van der Waals surface area contributed by atoms with Gasteiger partial charge in [0, 0.05) is 22.8 Å². The van der Waals surface area contributed by atoms with Crippen LogP contribution in [0.15, 0.2) is 37.0 Å². The van der Waals surface area contributed by atoms with Crippen molar-refractivity contribution in [1.82, 2.24) is 0 Å². The second-order valence-corrected chi connectivity index (χ2v) is 22.7. The number of esters is 3. The van der Waals surface area contributed by atoms with Crippen LogP contribution in [-0.2, 0) is 52.3 Å². The van der Waals surface area contributed by atoms with Gasteiger partial charge in [0.1, 0.15) is 18.8 Å². The summed E-state index contributed by atoms with van der Waals surface area (Å²) in [6.45, 7) is 19.3. The third-order valence-corrected chi connectivity index (χ3v) is 16.4. The summed E-state index contributed by atoms with van der Waals surface area (Å²) >= 11 is 0. The molecule has 10 aliphatic carbocycles. The summed E-state index contributed by atoms with van der Waals surface area (Å²) in [6, 6.07) is 0. The van der Waals surface area contributed by atoms with Crippen LogP contribution in [0.2, 0.25) is 0 Å². The van der Waals surface area contributed by atoms with Crippen molar-refractivity contribution in [3.05, 3.63) is 37.0 Å². The number of hydrogen-bond acceptors (Lipinski definition) is 14. The molecule has 0 radical (unpaired) electrons. The van der Waals surface area contributed by atoms with Crippen LogP contribution in [0.1, 0.15) is 124 Å². The molecule has 0 aromatic heterocycles. The predicted octanol–water partition coefficient (Wildman–Crippen LogP) is 6.03. The van der Waals surface area contributed by atoms with Crippen LogP contribution >= 0.6 is 0 Å². The van der Waals surface area contributed by atoms with Crippen LogP contribution in [0, 0.1) is 46.3 Å². The number of rotatable bonds is 21. The van der Waals surface area contributed by atoms with Gasteiger partial charge in [-0.05, 0) is 151 Å². The fraction of sp³-hybridized carbons (Fsp3) is 0.820. The zero-order chi connectivity index (χ0) is 45.9. The minimum atomic E-state index is -1.25. The molecule has 0 aromatic rings. The van der Waals surface area contributed by atoms with E-state index in [0.717, 1.165) is 70.6 Å². The smallest absolute Gasteiger partial charge is 0.333 e. The van der Waals surface area contributed by atoms with Gasteiger partial charge in [-0.3, -0.25) is 0 Å². The molecule has 8 unspecified atom stereocenters. The van der Waals surface area contributed by atoms with Crippen LogP contribution in [0.4, 0.5) is 0 Å². The van der Waals surface area contributed by atoms with Crippen molar-refractivity contribution in [2.24, 2.45) is 46.3 Å². The summed E-state index contributed by atoms with van der Waals surface area (Å²) < 4.78 is 49.5. The molecule has 64 heavy (non-hydrogen) atoms. The Balaban J connectivity index is 0.930. The topological polar surface area (TPSA) is 186 Å². The Morgan fingerprint density at radius 2 is 1.20 bits per heavy atom. The van der Waals surface area contributed by atoms with Crippen LogP contribution in [-0.4, -0.2) is 120 Å². The van der Waals surface area contributed by atoms with Gasteiger partial charge in [-0.1, -0.05) is 33.6 Å². The van der Waals surface area contributed by atoms with Gasteiger partial charge in [-0.25, -0.2) is 14.4 Å². The van der Waals surface area contributed by atoms with Crippen LogP contribution in [0.5, 0.6) is 0 Å². The van der Waals surface area contributed by atoms with E-state index in [1.54, 1.807) is 13.8 Å². The molecule has 8 atom stereocenters. The van der Waals surface area contributed by atoms with Gasteiger partial charge in [0.2, 0.25) is 0 Å². The molecule has 0 aliphatic heterocycles. The predicted molar refractivity (Wildman–Crippen MR) is 232 cm³/mol. The highest BCUT2D eigenvalue weighted by molar-refractivity contribution is 5.87. The number of hydrogen-bond donors (Lipinski definition) is 3. The number of fused-ring (bicyclic) bond motifs is 2. The van der Waals surface area contributed by atoms with Gasteiger partial charge in [0.05, 0.1) is 55.4 Å². The second-order valence-electron chi connectivity index (χ2n) is 22.7. The molecule has 358 valence electrons. The highest BCUT2D eigenvalue weighted by Crippen LogP contribution is 2.67. The number of aliphatic hydroxyl groups excluding tert-OH is 2. The minimum Gasteiger partial charge on any atom is -0.463 e. The molecule has 0 spiro atoms. The van der Waals surface area contributed by atoms with E-state index in [2.05, 4.69) is 33.6 Å². The largest absolute Gasteiger partial charge is 0.463 e. The van der Waals surface area contributed by atoms with Crippen molar-refractivity contribution < 1.29 is 67.6 Å². The average molecular weight is 899 g/mol. The minimum absolute atomic E-state index is 0.00292. The molecule has 3 N–H and O–H groups in total. The maximum Gasteiger partial charge on any atom is 0.333 e. The van der Waals surface area contributed by atoms with E-state index in [9.17, 15) is 29.7 Å². The summed E-state index contributed by atoms with van der Waals surface area (Å²) in [6.07, 6.45) is 10.3. The number of carbonyl (C=O) groups excluding carboxylic acids is 3. The number of carbonyl (C=O) groups is 3. The Labute approximate surface area is 378 Å². The number of aliphatic hydroxyl groups is 3. The molecule has 0 aromatic carbocycles. The normalized spacial score (nSPS) is 43.3. The Morgan fingerprint density at radius 1 is 0.672 bits per heavy atom. The Hall–Kier alpha value is -2.69. The van der Waals surface area contributed by atoms with E-state index in [0.29, 0.717) is 61.9 Å². The van der Waals surface area contributed by atoms with Gasteiger partial charge in [0.15, 0.2) is 12.6 Å². The molecule has 0 amide bonds. The van der Waals surface area contributed by atoms with Crippen molar-refractivity contribution in [3.8, 4) is 0 Å². The molecule has 14 heteroatoms. The zero-order valence-electron chi connectivity index (χ0n) is 38.7. The molecule has 10 fully saturated rings. The second kappa shape index (κ2) is 18.1. The molecular weight excluding hydrogens is 825 g/mol. The summed E-state index contributed by atoms with van der Waals surface area (Å²) in [5.74, 6) is -0.198. The first-order chi connectivity index (χ1) is 30.2. The third-order valence-electron chi connectivity index (χ3n) is 16.4. The van der Waals surface area contributed by atoms with Crippen LogP contribution in [0.25, 0.3) is 0 Å². The fourth-order valence-electron chi connectivity index (χ4n) is 15.5. The molecule has 10 saturated carbocycles. The average Bonchev–Trinajstić information content (AvgIpc) is 3.19. The van der Waals surface area contributed by atoms with Crippen LogP contribution < -0.4 is 0 Å². The van der Waals surface area contributed by atoms with E-state index in [1.165, 1.54) is 6.08 Å². The summed E-state index contributed by atoms with van der Waals surface area (Å²) in [7, 11) is 0. The zero-order valence-corrected chi connectivity index (χ0v) is 38.7. The van der Waals surface area contributed by atoms with Gasteiger partial charge in [-0.2, -0.15) is 0 Å². The Morgan fingerprint density at radius 3 is 1.75 bits per heavy atom. The Bertz CT molecular complexity index is 1760. The first kappa shape index (κ1) is 47.8. The SMILES string of the molecule is C=CC(O)OCC(=O)OCC12CC3CC(OC4C5CC6(O)CC4CC(COC(=O)COC(O)C(=C)C)(C5)C6)(CC(C1)C3OCCOC13CC(C)CC(OC(=O)C(=C)C)(CC(C)C1)C3)C2.